The van der Waals surface area contributed by atoms with Crippen LogP contribution in [-0.4, -0.2) is 76.8 Å². The lowest BCUT2D eigenvalue weighted by Crippen LogP contribution is -2.35. The lowest BCUT2D eigenvalue weighted by Gasteiger charge is -2.26. The Morgan fingerprint density at radius 2 is 1.64 bits per heavy atom. The van der Waals surface area contributed by atoms with Gasteiger partial charge in [-0.1, -0.05) is 0 Å². The molecular weight excluding hydrogens is 546 g/mol. The van der Waals surface area contributed by atoms with Crippen molar-refractivity contribution in [2.75, 3.05) is 38.8 Å². The van der Waals surface area contributed by atoms with Gasteiger partial charge in [0, 0.05) is 38.1 Å². The van der Waals surface area contributed by atoms with Crippen LogP contribution in [0, 0.1) is 0 Å². The molecular formula is C30H33N3O9. The Balaban J connectivity index is 0.000000730. The molecule has 2 aromatic carbocycles. The van der Waals surface area contributed by atoms with Crippen molar-refractivity contribution in [1.82, 2.24) is 9.55 Å². The summed E-state index contributed by atoms with van der Waals surface area (Å²) in [5.74, 6) is -1.72. The fraction of sp³-hybridized carbons (Fsp3) is 0.267. The molecule has 0 aliphatic rings. The fourth-order valence-electron chi connectivity index (χ4n) is 4.17. The molecule has 42 heavy (non-hydrogen) atoms. The number of aliphatic carboxylic acids is 2. The maximum Gasteiger partial charge on any atom is 0.414 e. The molecule has 0 aliphatic carbocycles. The van der Waals surface area contributed by atoms with E-state index in [0.717, 1.165) is 16.9 Å². The van der Waals surface area contributed by atoms with Crippen LogP contribution in [0.2, 0.25) is 0 Å². The van der Waals surface area contributed by atoms with Crippen molar-refractivity contribution in [3.63, 3.8) is 0 Å². The maximum absolute atomic E-state index is 12.7. The predicted octanol–water partition coefficient (Wildman–Crippen LogP) is 3.04. The average Bonchev–Trinajstić information content (AvgIpc) is 3.00. The van der Waals surface area contributed by atoms with Gasteiger partial charge in [-0.15, -0.1) is 0 Å². The summed E-state index contributed by atoms with van der Waals surface area (Å²) in [5, 5.41) is 26.0. The summed E-state index contributed by atoms with van der Waals surface area (Å²) in [5.41, 5.74) is 3.14. The van der Waals surface area contributed by atoms with Gasteiger partial charge in [0.15, 0.2) is 11.5 Å². The Morgan fingerprint density at radius 3 is 2.24 bits per heavy atom. The van der Waals surface area contributed by atoms with Gasteiger partial charge in [-0.05, 0) is 67.1 Å². The second-order valence-electron chi connectivity index (χ2n) is 9.01. The first-order chi connectivity index (χ1) is 20.1. The Labute approximate surface area is 241 Å². The van der Waals surface area contributed by atoms with E-state index < -0.39 is 18.0 Å². The molecule has 0 bridgehead atoms. The van der Waals surface area contributed by atoms with Gasteiger partial charge < -0.3 is 39.0 Å². The molecule has 2 heterocycles. The minimum atomic E-state index is -1.82. The third-order valence-corrected chi connectivity index (χ3v) is 6.33. The Kier molecular flexibility index (Phi) is 10.9. The van der Waals surface area contributed by atoms with Gasteiger partial charge in [-0.25, -0.2) is 9.59 Å². The molecule has 0 saturated heterocycles. The largest absolute Gasteiger partial charge is 0.493 e. The molecule has 0 amide bonds. The van der Waals surface area contributed by atoms with Crippen molar-refractivity contribution in [2.24, 2.45) is 7.05 Å². The van der Waals surface area contributed by atoms with Crippen LogP contribution in [-0.2, 0) is 16.6 Å². The summed E-state index contributed by atoms with van der Waals surface area (Å²) in [6, 6.07) is 18.6. The Morgan fingerprint density at radius 1 is 0.976 bits per heavy atom. The summed E-state index contributed by atoms with van der Waals surface area (Å²) in [6.45, 7) is 3.27. The zero-order valence-electron chi connectivity index (χ0n) is 23.7. The SMILES string of the molecule is CCN(CC(O)COc1ccc(-c2cc3ncccc3c(=O)n2C)cc1)c1ccc(OC)c(OC)c1.O=C(O)C(=O)O. The molecule has 12 nitrogen and oxygen atoms in total. The van der Waals surface area contributed by atoms with Crippen LogP contribution >= 0.6 is 0 Å². The highest BCUT2D eigenvalue weighted by Crippen LogP contribution is 2.31. The van der Waals surface area contributed by atoms with E-state index in [9.17, 15) is 9.90 Å². The van der Waals surface area contributed by atoms with Gasteiger partial charge in [-0.2, -0.15) is 0 Å². The van der Waals surface area contributed by atoms with Crippen LogP contribution in [0.3, 0.4) is 0 Å². The molecule has 0 spiro atoms. The molecule has 0 radical (unpaired) electrons. The molecule has 222 valence electrons. The number of hydrogen-bond acceptors (Lipinski definition) is 9. The molecule has 2 aromatic heterocycles. The van der Waals surface area contributed by atoms with Crippen LogP contribution in [0.1, 0.15) is 6.92 Å². The molecule has 3 N–H and O–H groups in total. The average molecular weight is 580 g/mol. The smallest absolute Gasteiger partial charge is 0.414 e. The minimum absolute atomic E-state index is 0.0889. The molecule has 12 heteroatoms. The number of hydrogen-bond donors (Lipinski definition) is 3. The topological polar surface area (TPSA) is 161 Å². The van der Waals surface area contributed by atoms with E-state index in [1.165, 1.54) is 0 Å². The van der Waals surface area contributed by atoms with Crippen LogP contribution in [0.4, 0.5) is 5.69 Å². The summed E-state index contributed by atoms with van der Waals surface area (Å²) in [6.07, 6.45) is 0.976. The molecule has 1 atom stereocenters. The first kappa shape index (κ1) is 31.4. The number of carbonyl (C=O) groups is 2. The monoisotopic (exact) mass is 579 g/mol. The van der Waals surface area contributed by atoms with Gasteiger partial charge in [0.25, 0.3) is 5.56 Å². The number of nitrogens with zero attached hydrogens (tertiary/aromatic N) is 3. The summed E-state index contributed by atoms with van der Waals surface area (Å²) in [4.78, 5) is 37.3. The summed E-state index contributed by atoms with van der Waals surface area (Å²) in [7, 11) is 4.95. The molecule has 0 fully saturated rings. The highest BCUT2D eigenvalue weighted by atomic mass is 16.5. The van der Waals surface area contributed by atoms with E-state index >= 15 is 0 Å². The second-order valence-corrected chi connectivity index (χ2v) is 9.01. The van der Waals surface area contributed by atoms with Gasteiger partial charge in [0.1, 0.15) is 18.5 Å². The molecule has 1 unspecified atom stereocenters. The Bertz CT molecular complexity index is 1570. The number of aliphatic hydroxyl groups is 1. The number of carboxylic acid groups (broad SMARTS) is 2. The van der Waals surface area contributed by atoms with E-state index in [4.69, 9.17) is 34.0 Å². The normalized spacial score (nSPS) is 11.2. The number of methoxy groups -OCH3 is 2. The van der Waals surface area contributed by atoms with Crippen LogP contribution < -0.4 is 24.7 Å². The standard InChI is InChI=1S/C28H31N3O5.C2H2O4/c1-5-31(20-10-13-26(34-3)27(15-20)35-4)17-21(32)18-36-22-11-8-19(9-12-22)25-16-24-23(7-6-14-29-24)28(33)30(25)2;3-1(4)2(5)6/h6-16,21,32H,5,17-18H2,1-4H3;(H,3,4)(H,5,6). The lowest BCUT2D eigenvalue weighted by molar-refractivity contribution is -0.159. The second kappa shape index (κ2) is 14.5. The van der Waals surface area contributed by atoms with Crippen molar-refractivity contribution >= 4 is 28.5 Å². The van der Waals surface area contributed by atoms with Gasteiger partial charge >= 0.3 is 11.9 Å². The van der Waals surface area contributed by atoms with E-state index in [1.807, 2.05) is 60.4 Å². The van der Waals surface area contributed by atoms with Gasteiger partial charge in [-0.3, -0.25) is 9.78 Å². The number of ether oxygens (including phenoxy) is 3. The molecule has 4 rings (SSSR count). The number of anilines is 1. The fourth-order valence-corrected chi connectivity index (χ4v) is 4.17. The number of pyridine rings is 2. The van der Waals surface area contributed by atoms with Gasteiger partial charge in [0.05, 0.1) is 30.8 Å². The molecule has 4 aromatic rings. The number of benzene rings is 2. The maximum atomic E-state index is 12.7. The van der Waals surface area contributed by atoms with Gasteiger partial charge in [0.2, 0.25) is 0 Å². The van der Waals surface area contributed by atoms with Crippen molar-refractivity contribution in [3.05, 3.63) is 77.2 Å². The van der Waals surface area contributed by atoms with E-state index in [2.05, 4.69) is 4.98 Å². The zero-order valence-corrected chi connectivity index (χ0v) is 23.7. The lowest BCUT2D eigenvalue weighted by atomic mass is 10.1. The van der Waals surface area contributed by atoms with E-state index in [1.54, 1.807) is 44.2 Å². The minimum Gasteiger partial charge on any atom is -0.493 e. The predicted molar refractivity (Wildman–Crippen MR) is 157 cm³/mol. The first-order valence-electron chi connectivity index (χ1n) is 12.9. The van der Waals surface area contributed by atoms with E-state index in [-0.39, 0.29) is 12.2 Å². The van der Waals surface area contributed by atoms with Crippen LogP contribution in [0.25, 0.3) is 22.2 Å². The molecule has 0 saturated carbocycles. The van der Waals surface area contributed by atoms with Crippen LogP contribution in [0.15, 0.2) is 71.7 Å². The van der Waals surface area contributed by atoms with Crippen molar-refractivity contribution in [1.29, 1.82) is 0 Å². The third kappa shape index (κ3) is 7.76. The number of likely N-dealkylation sites (N-methyl/N-ethyl adjacent to an activating group) is 1. The van der Waals surface area contributed by atoms with Crippen molar-refractivity contribution in [2.45, 2.75) is 13.0 Å². The van der Waals surface area contributed by atoms with Crippen molar-refractivity contribution < 1.29 is 39.1 Å². The quantitative estimate of drug-likeness (QED) is 0.237. The highest BCUT2D eigenvalue weighted by molar-refractivity contribution is 6.27. The number of aromatic nitrogens is 2. The summed E-state index contributed by atoms with van der Waals surface area (Å²) >= 11 is 0. The number of aliphatic hydroxyl groups excluding tert-OH is 1. The van der Waals surface area contributed by atoms with E-state index in [0.29, 0.717) is 41.2 Å². The van der Waals surface area contributed by atoms with Crippen LogP contribution in [0.5, 0.6) is 17.2 Å². The first-order valence-corrected chi connectivity index (χ1v) is 12.9. The zero-order chi connectivity index (χ0) is 30.8. The highest BCUT2D eigenvalue weighted by Gasteiger charge is 2.15. The Hall–Kier alpha value is -5.10. The van der Waals surface area contributed by atoms with Crippen molar-refractivity contribution in [3.8, 4) is 28.5 Å². The number of carboxylic acids is 2. The number of fused-ring (bicyclic) bond motifs is 1. The third-order valence-electron chi connectivity index (χ3n) is 6.33. The summed E-state index contributed by atoms with van der Waals surface area (Å²) < 4.78 is 18.2. The number of rotatable bonds is 10. The molecule has 0 aliphatic heterocycles.